The van der Waals surface area contributed by atoms with Gasteiger partial charge in [-0.2, -0.15) is 21.6 Å². The zero-order valence-electron chi connectivity index (χ0n) is 20.6. The van der Waals surface area contributed by atoms with Gasteiger partial charge in [0.15, 0.2) is 5.03 Å². The number of anilines is 2. The molecule has 0 spiro atoms. The van der Waals surface area contributed by atoms with E-state index >= 15 is 0 Å². The van der Waals surface area contributed by atoms with E-state index in [9.17, 15) is 30.8 Å². The van der Waals surface area contributed by atoms with Crippen molar-refractivity contribution in [3.8, 4) is 17.0 Å². The minimum absolute atomic E-state index is 0.0276. The Balaban J connectivity index is 2.03. The van der Waals surface area contributed by atoms with Crippen molar-refractivity contribution in [2.24, 2.45) is 5.92 Å². The van der Waals surface area contributed by atoms with Crippen molar-refractivity contribution in [3.63, 3.8) is 0 Å². The number of pyridine rings is 2. The molecule has 3 aromatic rings. The summed E-state index contributed by atoms with van der Waals surface area (Å²) in [7, 11) is -3.49. The van der Waals surface area contributed by atoms with Crippen molar-refractivity contribution >= 4 is 27.6 Å². The predicted molar refractivity (Wildman–Crippen MR) is 133 cm³/mol. The van der Waals surface area contributed by atoms with Gasteiger partial charge >= 0.3 is 6.18 Å². The van der Waals surface area contributed by atoms with Crippen molar-refractivity contribution in [1.82, 2.24) is 14.7 Å². The standard InChI is InChI=1S/C24H25F4N5O4S/c1-14(2)12-37-17-10-15(9-16(25)11-17)19-8-7-18(22(30-19)33(3)13-24(26,27)28)23(34)32-38(35,36)21-6-4-5-20(29)31-21/h4-11,14H,12-13H2,1-3H3,(H2,29,31)(H,32,34). The average Bonchev–Trinajstić information content (AvgIpc) is 2.80. The minimum Gasteiger partial charge on any atom is -0.493 e. The highest BCUT2D eigenvalue weighted by Crippen LogP contribution is 2.29. The summed E-state index contributed by atoms with van der Waals surface area (Å²) < 4.78 is 86.4. The van der Waals surface area contributed by atoms with Crippen LogP contribution in [-0.2, 0) is 10.0 Å². The fourth-order valence-corrected chi connectivity index (χ4v) is 4.23. The smallest absolute Gasteiger partial charge is 0.405 e. The van der Waals surface area contributed by atoms with Crippen LogP contribution in [0.15, 0.2) is 53.6 Å². The monoisotopic (exact) mass is 555 g/mol. The quantitative estimate of drug-likeness (QED) is 0.379. The fraction of sp³-hybridized carbons (Fsp3) is 0.292. The molecule has 1 aromatic carbocycles. The number of nitrogens with zero attached hydrogens (tertiary/aromatic N) is 3. The van der Waals surface area contributed by atoms with Gasteiger partial charge in [-0.1, -0.05) is 19.9 Å². The molecule has 0 bridgehead atoms. The number of rotatable bonds is 9. The molecule has 2 aromatic heterocycles. The Morgan fingerprint density at radius 1 is 1.13 bits per heavy atom. The Labute approximate surface area is 216 Å². The molecule has 3 N–H and O–H groups in total. The number of ether oxygens (including phenoxy) is 1. The van der Waals surface area contributed by atoms with Crippen LogP contribution in [0.25, 0.3) is 11.3 Å². The number of nitrogens with two attached hydrogens (primary N) is 1. The number of sulfonamides is 1. The SMILES string of the molecule is CC(C)COc1cc(F)cc(-c2ccc(C(=O)NS(=O)(=O)c3cccc(N)n3)c(N(C)CC(F)(F)F)n2)c1. The summed E-state index contributed by atoms with van der Waals surface area (Å²) >= 11 is 0. The van der Waals surface area contributed by atoms with Crippen molar-refractivity contribution in [1.29, 1.82) is 0 Å². The highest BCUT2D eigenvalue weighted by molar-refractivity contribution is 7.90. The third-order valence-electron chi connectivity index (χ3n) is 4.90. The number of hydrogen-bond donors (Lipinski definition) is 2. The molecule has 38 heavy (non-hydrogen) atoms. The topological polar surface area (TPSA) is 128 Å². The maximum absolute atomic E-state index is 14.3. The summed E-state index contributed by atoms with van der Waals surface area (Å²) in [5.74, 6) is -2.19. The molecule has 204 valence electrons. The van der Waals surface area contributed by atoms with Crippen LogP contribution in [0, 0.1) is 11.7 Å². The van der Waals surface area contributed by atoms with Crippen molar-refractivity contribution in [2.45, 2.75) is 25.0 Å². The molecule has 0 unspecified atom stereocenters. The Morgan fingerprint density at radius 2 is 1.84 bits per heavy atom. The second-order valence-corrected chi connectivity index (χ2v) is 10.4. The highest BCUT2D eigenvalue weighted by Gasteiger charge is 2.32. The first-order valence-corrected chi connectivity index (χ1v) is 12.7. The number of hydrogen-bond acceptors (Lipinski definition) is 8. The number of nitrogens with one attached hydrogen (secondary N) is 1. The van der Waals surface area contributed by atoms with Crippen LogP contribution in [0.1, 0.15) is 24.2 Å². The van der Waals surface area contributed by atoms with E-state index in [0.717, 1.165) is 31.3 Å². The predicted octanol–water partition coefficient (Wildman–Crippen LogP) is 4.02. The van der Waals surface area contributed by atoms with Gasteiger partial charge in [-0.15, -0.1) is 0 Å². The zero-order chi connectivity index (χ0) is 28.3. The molecule has 0 radical (unpaired) electrons. The van der Waals surface area contributed by atoms with Crippen LogP contribution in [0.2, 0.25) is 0 Å². The second kappa shape index (κ2) is 11.2. The molecule has 0 fully saturated rings. The molecule has 0 aliphatic heterocycles. The van der Waals surface area contributed by atoms with Gasteiger partial charge in [0.25, 0.3) is 15.9 Å². The number of halogens is 4. The number of benzene rings is 1. The van der Waals surface area contributed by atoms with Crippen LogP contribution in [0.3, 0.4) is 0 Å². The molecular weight excluding hydrogens is 530 g/mol. The maximum atomic E-state index is 14.3. The summed E-state index contributed by atoms with van der Waals surface area (Å²) in [6, 6.07) is 9.79. The van der Waals surface area contributed by atoms with Crippen LogP contribution < -0.4 is 20.1 Å². The molecular formula is C24H25F4N5O4S. The number of nitrogen functional groups attached to an aromatic ring is 1. The second-order valence-electron chi connectivity index (χ2n) is 8.75. The molecule has 0 aliphatic carbocycles. The van der Waals surface area contributed by atoms with Crippen molar-refractivity contribution in [2.75, 3.05) is 30.8 Å². The Bertz CT molecular complexity index is 1430. The first-order valence-electron chi connectivity index (χ1n) is 11.2. The van der Waals surface area contributed by atoms with Crippen LogP contribution in [-0.4, -0.2) is 50.7 Å². The molecule has 1 amide bonds. The van der Waals surface area contributed by atoms with Gasteiger partial charge in [-0.05, 0) is 42.3 Å². The number of aromatic nitrogens is 2. The fourth-order valence-electron chi connectivity index (χ4n) is 3.29. The third kappa shape index (κ3) is 7.54. The first-order chi connectivity index (χ1) is 17.6. The molecule has 14 heteroatoms. The normalized spacial score (nSPS) is 11.9. The van der Waals surface area contributed by atoms with E-state index in [4.69, 9.17) is 10.5 Å². The lowest BCUT2D eigenvalue weighted by Gasteiger charge is -2.23. The number of alkyl halides is 3. The van der Waals surface area contributed by atoms with Crippen molar-refractivity contribution < 1.29 is 35.5 Å². The number of carbonyl (C=O) groups excluding carboxylic acids is 1. The number of amides is 1. The largest absolute Gasteiger partial charge is 0.493 e. The van der Waals surface area contributed by atoms with Crippen LogP contribution in [0.5, 0.6) is 5.75 Å². The molecule has 0 atom stereocenters. The van der Waals surface area contributed by atoms with E-state index in [1.807, 2.05) is 13.8 Å². The van der Waals surface area contributed by atoms with E-state index in [1.165, 1.54) is 24.3 Å². The molecule has 0 aliphatic rings. The zero-order valence-corrected chi connectivity index (χ0v) is 21.4. The maximum Gasteiger partial charge on any atom is 0.405 e. The van der Waals surface area contributed by atoms with Gasteiger partial charge in [-0.25, -0.2) is 19.1 Å². The molecule has 0 saturated heterocycles. The summed E-state index contributed by atoms with van der Waals surface area (Å²) in [5.41, 5.74) is 5.23. The number of carbonyl (C=O) groups is 1. The van der Waals surface area contributed by atoms with Gasteiger partial charge in [0.1, 0.15) is 29.7 Å². The van der Waals surface area contributed by atoms with E-state index < -0.39 is 50.9 Å². The highest BCUT2D eigenvalue weighted by atomic mass is 32.2. The first kappa shape index (κ1) is 28.6. The molecule has 0 saturated carbocycles. The molecule has 2 heterocycles. The lowest BCUT2D eigenvalue weighted by atomic mass is 10.1. The molecule has 3 rings (SSSR count). The van der Waals surface area contributed by atoms with Gasteiger partial charge in [0.2, 0.25) is 0 Å². The average molecular weight is 556 g/mol. The Kier molecular flexibility index (Phi) is 8.44. The van der Waals surface area contributed by atoms with Crippen LogP contribution in [0.4, 0.5) is 29.2 Å². The lowest BCUT2D eigenvalue weighted by molar-refractivity contribution is -0.119. The van der Waals surface area contributed by atoms with Gasteiger partial charge < -0.3 is 15.4 Å². The van der Waals surface area contributed by atoms with E-state index in [1.54, 1.807) is 4.72 Å². The summed E-state index contributed by atoms with van der Waals surface area (Å²) in [5, 5.41) is -0.561. The van der Waals surface area contributed by atoms with Crippen LogP contribution >= 0.6 is 0 Å². The van der Waals surface area contributed by atoms with Gasteiger partial charge in [0.05, 0.1) is 17.9 Å². The minimum atomic E-state index is -4.67. The van der Waals surface area contributed by atoms with E-state index in [0.29, 0.717) is 11.5 Å². The lowest BCUT2D eigenvalue weighted by Crippen LogP contribution is -2.36. The summed E-state index contributed by atoms with van der Waals surface area (Å²) in [6.45, 7) is 2.60. The van der Waals surface area contributed by atoms with E-state index in [-0.39, 0.29) is 28.7 Å². The third-order valence-corrected chi connectivity index (χ3v) is 6.13. The van der Waals surface area contributed by atoms with E-state index in [2.05, 4.69) is 9.97 Å². The van der Waals surface area contributed by atoms with Gasteiger partial charge in [0, 0.05) is 18.7 Å². The van der Waals surface area contributed by atoms with Gasteiger partial charge in [-0.3, -0.25) is 4.79 Å². The Morgan fingerprint density at radius 3 is 2.47 bits per heavy atom. The Hall–Kier alpha value is -3.94. The van der Waals surface area contributed by atoms with Crippen molar-refractivity contribution in [3.05, 3.63) is 59.9 Å². The molecule has 9 nitrogen and oxygen atoms in total. The summed E-state index contributed by atoms with van der Waals surface area (Å²) in [4.78, 5) is 21.4. The summed E-state index contributed by atoms with van der Waals surface area (Å²) in [6.07, 6.45) is -4.67.